The van der Waals surface area contributed by atoms with Crippen molar-refractivity contribution >= 4 is 11.9 Å². The number of carbonyl (C=O) groups excluding carboxylic acids is 2. The van der Waals surface area contributed by atoms with Gasteiger partial charge in [0.05, 0.1) is 27.9 Å². The lowest BCUT2D eigenvalue weighted by Crippen LogP contribution is -2.47. The lowest BCUT2D eigenvalue weighted by atomic mass is 9.85. The van der Waals surface area contributed by atoms with Crippen molar-refractivity contribution in [3.8, 4) is 11.5 Å². The van der Waals surface area contributed by atoms with Gasteiger partial charge in [0.25, 0.3) is 0 Å². The number of methoxy groups -OCH3 is 3. The average Bonchev–Trinajstić information content (AvgIpc) is 3.09. The third-order valence-corrected chi connectivity index (χ3v) is 5.96. The number of amides is 1. The maximum Gasteiger partial charge on any atom is 0.323 e. The Bertz CT molecular complexity index is 708. The van der Waals surface area contributed by atoms with Crippen LogP contribution in [0.2, 0.25) is 0 Å². The molecule has 1 aromatic rings. The van der Waals surface area contributed by atoms with Gasteiger partial charge < -0.3 is 19.5 Å². The van der Waals surface area contributed by atoms with Crippen molar-refractivity contribution in [2.75, 3.05) is 27.9 Å². The van der Waals surface area contributed by atoms with Crippen molar-refractivity contribution in [2.24, 2.45) is 5.92 Å². The fourth-order valence-corrected chi connectivity index (χ4v) is 4.56. The van der Waals surface area contributed by atoms with Gasteiger partial charge in [0, 0.05) is 12.6 Å². The van der Waals surface area contributed by atoms with Crippen molar-refractivity contribution < 1.29 is 23.8 Å². The molecule has 0 bridgehead atoms. The monoisotopic (exact) mass is 390 g/mol. The Hall–Kier alpha value is -2.28. The largest absolute Gasteiger partial charge is 0.493 e. The van der Waals surface area contributed by atoms with E-state index in [4.69, 9.17) is 14.2 Å². The van der Waals surface area contributed by atoms with E-state index in [0.717, 1.165) is 31.2 Å². The first-order chi connectivity index (χ1) is 13.6. The first-order valence-corrected chi connectivity index (χ1v) is 9.88. The van der Waals surface area contributed by atoms with E-state index in [9.17, 15) is 9.59 Å². The molecule has 0 spiro atoms. The quantitative estimate of drug-likeness (QED) is 0.719. The molecular weight excluding hydrogens is 360 g/mol. The molecule has 1 saturated heterocycles. The number of benzene rings is 1. The molecule has 1 heterocycles. The predicted octanol–water partition coefficient (Wildman–Crippen LogP) is 2.13. The first-order valence-electron chi connectivity index (χ1n) is 9.88. The fourth-order valence-electron chi connectivity index (χ4n) is 4.56. The molecule has 1 aliphatic carbocycles. The van der Waals surface area contributed by atoms with Crippen LogP contribution in [-0.2, 0) is 20.9 Å². The molecule has 2 fully saturated rings. The molecule has 1 N–H and O–H groups in total. The summed E-state index contributed by atoms with van der Waals surface area (Å²) < 4.78 is 15.5. The molecule has 0 aromatic heterocycles. The molecule has 7 nitrogen and oxygen atoms in total. The Kier molecular flexibility index (Phi) is 6.78. The number of likely N-dealkylation sites (tertiary alicyclic amines) is 1. The average molecular weight is 390 g/mol. The molecule has 2 aliphatic rings. The smallest absolute Gasteiger partial charge is 0.323 e. The van der Waals surface area contributed by atoms with E-state index in [-0.39, 0.29) is 24.5 Å². The van der Waals surface area contributed by atoms with Crippen LogP contribution in [0, 0.1) is 5.92 Å². The summed E-state index contributed by atoms with van der Waals surface area (Å²) in [6.07, 6.45) is 5.32. The van der Waals surface area contributed by atoms with Crippen LogP contribution in [0.3, 0.4) is 0 Å². The van der Waals surface area contributed by atoms with Gasteiger partial charge in [-0.05, 0) is 42.9 Å². The second-order valence-corrected chi connectivity index (χ2v) is 7.52. The number of esters is 1. The summed E-state index contributed by atoms with van der Waals surface area (Å²) in [7, 11) is 4.59. The SMILES string of the molecule is COC(=O)[C@@H]1C[C@@H]2CCCC[C@@H]2N1CC(=O)NCc1ccc(OC)c(OC)c1. The normalized spacial score (nSPS) is 24.3. The van der Waals surface area contributed by atoms with E-state index in [1.165, 1.54) is 13.5 Å². The van der Waals surface area contributed by atoms with Gasteiger partial charge in [-0.3, -0.25) is 14.5 Å². The number of hydrogen-bond acceptors (Lipinski definition) is 6. The standard InChI is InChI=1S/C21H30N2O5/c1-26-18-9-8-14(10-19(18)27-2)12-22-20(24)13-23-16-7-5-4-6-15(16)11-17(23)21(25)28-3/h8-10,15-17H,4-7,11-13H2,1-3H3,(H,22,24)/t15-,16-,17-/m0/s1. The molecule has 154 valence electrons. The van der Waals surface area contributed by atoms with Crippen LogP contribution < -0.4 is 14.8 Å². The number of carbonyl (C=O) groups is 2. The highest BCUT2D eigenvalue weighted by molar-refractivity contribution is 5.81. The van der Waals surface area contributed by atoms with Crippen LogP contribution in [0.25, 0.3) is 0 Å². The number of nitrogens with zero attached hydrogens (tertiary/aromatic N) is 1. The van der Waals surface area contributed by atoms with Crippen molar-refractivity contribution in [1.29, 1.82) is 0 Å². The number of hydrogen-bond donors (Lipinski definition) is 1. The number of nitrogens with one attached hydrogen (secondary N) is 1. The Morgan fingerprint density at radius 1 is 1.11 bits per heavy atom. The summed E-state index contributed by atoms with van der Waals surface area (Å²) in [5, 5.41) is 2.96. The van der Waals surface area contributed by atoms with Gasteiger partial charge >= 0.3 is 5.97 Å². The Morgan fingerprint density at radius 3 is 2.57 bits per heavy atom. The number of ether oxygens (including phenoxy) is 3. The third kappa shape index (κ3) is 4.41. The predicted molar refractivity (Wildman–Crippen MR) is 104 cm³/mol. The van der Waals surface area contributed by atoms with E-state index in [1.54, 1.807) is 14.2 Å². The van der Waals surface area contributed by atoms with E-state index >= 15 is 0 Å². The fraction of sp³-hybridized carbons (Fsp3) is 0.619. The van der Waals surface area contributed by atoms with E-state index < -0.39 is 0 Å². The van der Waals surface area contributed by atoms with E-state index in [1.807, 2.05) is 18.2 Å². The number of rotatable bonds is 7. The Labute approximate surface area is 166 Å². The second-order valence-electron chi connectivity index (χ2n) is 7.52. The molecule has 7 heteroatoms. The lowest BCUT2D eigenvalue weighted by Gasteiger charge is -2.32. The summed E-state index contributed by atoms with van der Waals surface area (Å²) in [6, 6.07) is 5.55. The second kappa shape index (κ2) is 9.28. The van der Waals surface area contributed by atoms with Gasteiger partial charge in [0.2, 0.25) is 5.91 Å². The topological polar surface area (TPSA) is 77.1 Å². The highest BCUT2D eigenvalue weighted by Crippen LogP contribution is 2.39. The zero-order valence-electron chi connectivity index (χ0n) is 16.9. The molecule has 0 unspecified atom stereocenters. The van der Waals surface area contributed by atoms with E-state index in [0.29, 0.717) is 30.0 Å². The first kappa shape index (κ1) is 20.5. The highest BCUT2D eigenvalue weighted by atomic mass is 16.5. The molecule has 3 rings (SSSR count). The zero-order chi connectivity index (χ0) is 20.1. The summed E-state index contributed by atoms with van der Waals surface area (Å²) in [4.78, 5) is 26.9. The van der Waals surface area contributed by atoms with Gasteiger partial charge in [-0.25, -0.2) is 0 Å². The van der Waals surface area contributed by atoms with Crippen LogP contribution >= 0.6 is 0 Å². The minimum atomic E-state index is -0.315. The Morgan fingerprint density at radius 2 is 1.86 bits per heavy atom. The molecule has 1 aromatic carbocycles. The van der Waals surface area contributed by atoms with Gasteiger partial charge in [0.1, 0.15) is 6.04 Å². The summed E-state index contributed by atoms with van der Waals surface area (Å²) >= 11 is 0. The zero-order valence-corrected chi connectivity index (χ0v) is 16.9. The van der Waals surface area contributed by atoms with Gasteiger partial charge in [-0.15, -0.1) is 0 Å². The highest BCUT2D eigenvalue weighted by Gasteiger charge is 2.46. The van der Waals surface area contributed by atoms with E-state index in [2.05, 4.69) is 10.2 Å². The van der Waals surface area contributed by atoms with Crippen molar-refractivity contribution in [3.05, 3.63) is 23.8 Å². The lowest BCUT2D eigenvalue weighted by molar-refractivity contribution is -0.146. The van der Waals surface area contributed by atoms with Crippen molar-refractivity contribution in [2.45, 2.75) is 50.7 Å². The van der Waals surface area contributed by atoms with Crippen LogP contribution in [0.1, 0.15) is 37.7 Å². The van der Waals surface area contributed by atoms with Crippen LogP contribution in [0.5, 0.6) is 11.5 Å². The minimum Gasteiger partial charge on any atom is -0.493 e. The van der Waals surface area contributed by atoms with Crippen molar-refractivity contribution in [3.63, 3.8) is 0 Å². The van der Waals surface area contributed by atoms with Crippen LogP contribution in [-0.4, -0.2) is 56.7 Å². The molecule has 3 atom stereocenters. The molecule has 1 amide bonds. The molecule has 1 aliphatic heterocycles. The minimum absolute atomic E-state index is 0.0880. The summed E-state index contributed by atoms with van der Waals surface area (Å²) in [6.45, 7) is 0.609. The van der Waals surface area contributed by atoms with Gasteiger partial charge in [-0.2, -0.15) is 0 Å². The molecule has 0 radical (unpaired) electrons. The molecule has 28 heavy (non-hydrogen) atoms. The maximum atomic E-state index is 12.6. The summed E-state index contributed by atoms with van der Waals surface area (Å²) in [5.41, 5.74) is 0.924. The van der Waals surface area contributed by atoms with Gasteiger partial charge in [0.15, 0.2) is 11.5 Å². The summed E-state index contributed by atoms with van der Waals surface area (Å²) in [5.74, 6) is 1.44. The molecular formula is C21H30N2O5. The van der Waals surface area contributed by atoms with Crippen LogP contribution in [0.4, 0.5) is 0 Å². The Balaban J connectivity index is 1.61. The third-order valence-electron chi connectivity index (χ3n) is 5.96. The van der Waals surface area contributed by atoms with Crippen molar-refractivity contribution in [1.82, 2.24) is 10.2 Å². The maximum absolute atomic E-state index is 12.6. The number of fused-ring (bicyclic) bond motifs is 1. The molecule has 1 saturated carbocycles. The van der Waals surface area contributed by atoms with Crippen LogP contribution in [0.15, 0.2) is 18.2 Å². The van der Waals surface area contributed by atoms with Gasteiger partial charge in [-0.1, -0.05) is 18.9 Å².